The Morgan fingerprint density at radius 1 is 1.39 bits per heavy atom. The summed E-state index contributed by atoms with van der Waals surface area (Å²) < 4.78 is 1.71. The lowest BCUT2D eigenvalue weighted by molar-refractivity contribution is 0.0990. The largest absolute Gasteiger partial charge is 0.292 e. The third kappa shape index (κ3) is 1.63. The molecule has 0 aliphatic carbocycles. The van der Waals surface area contributed by atoms with Crippen molar-refractivity contribution >= 4 is 22.9 Å². The molecule has 0 amide bonds. The molecule has 1 aliphatic heterocycles. The number of aromatic nitrogens is 1. The minimum Gasteiger partial charge on any atom is -0.292 e. The zero-order valence-electron chi connectivity index (χ0n) is 10.1. The topological polar surface area (TPSA) is 34.4 Å². The molecular formula is C15H12N2O. The van der Waals surface area contributed by atoms with Gasteiger partial charge in [0.1, 0.15) is 5.69 Å². The van der Waals surface area contributed by atoms with Crippen LogP contribution in [-0.4, -0.2) is 16.7 Å². The number of hydrogen-bond acceptors (Lipinski definition) is 2. The monoisotopic (exact) mass is 236 g/mol. The molecule has 0 N–H and O–H groups in total. The molecule has 2 aromatic rings. The van der Waals surface area contributed by atoms with Gasteiger partial charge in [-0.15, -0.1) is 0 Å². The Balaban J connectivity index is 2.20. The highest BCUT2D eigenvalue weighted by Gasteiger charge is 2.17. The van der Waals surface area contributed by atoms with Crippen molar-refractivity contribution in [3.8, 4) is 11.8 Å². The van der Waals surface area contributed by atoms with E-state index in [-0.39, 0.29) is 5.78 Å². The van der Waals surface area contributed by atoms with Crippen LogP contribution in [0.4, 0.5) is 0 Å². The van der Waals surface area contributed by atoms with E-state index in [1.807, 2.05) is 31.2 Å². The number of carbonyl (C=O) groups excluding carboxylic acids is 1. The van der Waals surface area contributed by atoms with Crippen LogP contribution in [0.5, 0.6) is 0 Å². The predicted molar refractivity (Wildman–Crippen MR) is 71.9 cm³/mol. The van der Waals surface area contributed by atoms with E-state index in [9.17, 15) is 4.79 Å². The molecule has 0 fully saturated rings. The van der Waals surface area contributed by atoms with Gasteiger partial charge in [0.15, 0.2) is 5.78 Å². The van der Waals surface area contributed by atoms with Crippen molar-refractivity contribution in [3.05, 3.63) is 35.5 Å². The van der Waals surface area contributed by atoms with E-state index < -0.39 is 0 Å². The van der Waals surface area contributed by atoms with Crippen LogP contribution in [0.3, 0.4) is 0 Å². The van der Waals surface area contributed by atoms with Gasteiger partial charge in [-0.3, -0.25) is 4.79 Å². The minimum atomic E-state index is 0.113. The summed E-state index contributed by atoms with van der Waals surface area (Å²) in [4.78, 5) is 11.8. The summed E-state index contributed by atoms with van der Waals surface area (Å²) in [5.74, 6) is 6.26. The first-order chi connectivity index (χ1) is 8.79. The van der Waals surface area contributed by atoms with E-state index in [0.717, 1.165) is 22.9 Å². The molecule has 18 heavy (non-hydrogen) atoms. The van der Waals surface area contributed by atoms with Gasteiger partial charge in [0.2, 0.25) is 0 Å². The second-order valence-corrected chi connectivity index (χ2v) is 4.20. The van der Waals surface area contributed by atoms with Gasteiger partial charge in [-0.1, -0.05) is 18.8 Å². The van der Waals surface area contributed by atoms with Crippen molar-refractivity contribution in [2.24, 2.45) is 5.10 Å². The molecule has 1 aromatic carbocycles. The van der Waals surface area contributed by atoms with Gasteiger partial charge in [0.25, 0.3) is 0 Å². The maximum atomic E-state index is 11.8. The summed E-state index contributed by atoms with van der Waals surface area (Å²) in [6.45, 7) is 2.02. The van der Waals surface area contributed by atoms with Gasteiger partial charge in [-0.25, -0.2) is 4.68 Å². The number of carbonyl (C=O) groups is 1. The molecule has 88 valence electrons. The lowest BCUT2D eigenvalue weighted by Crippen LogP contribution is -2.11. The molecular weight excluding hydrogens is 224 g/mol. The number of nitrogens with zero attached hydrogens (tertiary/aromatic N) is 2. The highest BCUT2D eigenvalue weighted by Crippen LogP contribution is 2.23. The molecule has 0 saturated heterocycles. The van der Waals surface area contributed by atoms with Crippen molar-refractivity contribution < 1.29 is 4.79 Å². The highest BCUT2D eigenvalue weighted by atomic mass is 16.1. The lowest BCUT2D eigenvalue weighted by Gasteiger charge is -2.06. The third-order valence-corrected chi connectivity index (χ3v) is 2.95. The number of fused-ring (bicyclic) bond motifs is 3. The fourth-order valence-corrected chi connectivity index (χ4v) is 2.10. The third-order valence-electron chi connectivity index (χ3n) is 2.95. The van der Waals surface area contributed by atoms with Gasteiger partial charge in [-0.2, -0.15) is 5.10 Å². The average molecular weight is 236 g/mol. The Bertz CT molecular complexity index is 726. The quantitative estimate of drug-likeness (QED) is 0.648. The van der Waals surface area contributed by atoms with Gasteiger partial charge in [-0.05, 0) is 24.3 Å². The predicted octanol–water partition coefficient (Wildman–Crippen LogP) is 2.82. The Labute approximate surface area is 105 Å². The van der Waals surface area contributed by atoms with Crippen LogP contribution < -0.4 is 0 Å². The van der Waals surface area contributed by atoms with Crippen LogP contribution in [-0.2, 0) is 0 Å². The molecule has 0 saturated carbocycles. The van der Waals surface area contributed by atoms with Gasteiger partial charge < -0.3 is 0 Å². The molecule has 2 heterocycles. The number of ketones is 1. The molecule has 0 bridgehead atoms. The van der Waals surface area contributed by atoms with E-state index in [1.165, 1.54) is 0 Å². The summed E-state index contributed by atoms with van der Waals surface area (Å²) in [5, 5.41) is 5.27. The molecule has 0 radical (unpaired) electrons. The van der Waals surface area contributed by atoms with Crippen molar-refractivity contribution in [2.45, 2.75) is 19.8 Å². The molecule has 1 aliphatic rings. The molecule has 0 spiro atoms. The Kier molecular flexibility index (Phi) is 2.49. The van der Waals surface area contributed by atoms with Gasteiger partial charge in [0, 0.05) is 30.0 Å². The van der Waals surface area contributed by atoms with E-state index in [4.69, 9.17) is 0 Å². The second kappa shape index (κ2) is 4.15. The Hall–Kier alpha value is -2.34. The van der Waals surface area contributed by atoms with E-state index in [2.05, 4.69) is 16.9 Å². The van der Waals surface area contributed by atoms with Crippen LogP contribution in [0.25, 0.3) is 10.9 Å². The van der Waals surface area contributed by atoms with Crippen molar-refractivity contribution in [1.29, 1.82) is 0 Å². The van der Waals surface area contributed by atoms with E-state index in [0.29, 0.717) is 12.1 Å². The van der Waals surface area contributed by atoms with Crippen LogP contribution >= 0.6 is 0 Å². The SMILES string of the molecule is CCC#Cc1ccc2c(c1)cc1n2N=CCC1=O. The molecule has 1 aromatic heterocycles. The molecule has 0 atom stereocenters. The minimum absolute atomic E-state index is 0.113. The number of benzene rings is 1. The lowest BCUT2D eigenvalue weighted by atomic mass is 10.1. The Morgan fingerprint density at radius 3 is 3.11 bits per heavy atom. The van der Waals surface area contributed by atoms with Crippen LogP contribution in [0.2, 0.25) is 0 Å². The highest BCUT2D eigenvalue weighted by molar-refractivity contribution is 6.07. The molecule has 3 rings (SSSR count). The summed E-state index contributed by atoms with van der Waals surface area (Å²) in [7, 11) is 0. The van der Waals surface area contributed by atoms with Crippen LogP contribution in [0.15, 0.2) is 29.4 Å². The Morgan fingerprint density at radius 2 is 2.28 bits per heavy atom. The molecule has 3 heteroatoms. The van der Waals surface area contributed by atoms with Crippen LogP contribution in [0, 0.1) is 11.8 Å². The number of hydrogen-bond donors (Lipinski definition) is 0. The summed E-state index contributed by atoms with van der Waals surface area (Å²) >= 11 is 0. The maximum absolute atomic E-state index is 11.8. The van der Waals surface area contributed by atoms with Crippen molar-refractivity contribution in [1.82, 2.24) is 4.68 Å². The van der Waals surface area contributed by atoms with Crippen molar-refractivity contribution in [2.75, 3.05) is 0 Å². The van der Waals surface area contributed by atoms with E-state index >= 15 is 0 Å². The maximum Gasteiger partial charge on any atom is 0.186 e. The first-order valence-electron chi connectivity index (χ1n) is 6.00. The standard InChI is InChI=1S/C15H12N2O/c1-2-3-4-11-5-6-13-12(9-11)10-14-15(18)7-8-16-17(13)14/h5-6,8-10H,2,7H2,1H3. The molecule has 0 unspecified atom stereocenters. The van der Waals surface area contributed by atoms with Crippen LogP contribution in [0.1, 0.15) is 35.8 Å². The van der Waals surface area contributed by atoms with E-state index in [1.54, 1.807) is 10.9 Å². The number of rotatable bonds is 0. The fraction of sp³-hybridized carbons (Fsp3) is 0.200. The summed E-state index contributed by atoms with van der Waals surface area (Å²) in [5.41, 5.74) is 2.59. The number of Topliss-reactive ketones (excluding diaryl/α,β-unsaturated/α-hetero) is 1. The first kappa shape index (κ1) is 10.8. The first-order valence-corrected chi connectivity index (χ1v) is 6.00. The van der Waals surface area contributed by atoms with Gasteiger partial charge >= 0.3 is 0 Å². The summed E-state index contributed by atoms with van der Waals surface area (Å²) in [6, 6.07) is 7.83. The fourth-order valence-electron chi connectivity index (χ4n) is 2.10. The van der Waals surface area contributed by atoms with Gasteiger partial charge in [0.05, 0.1) is 5.52 Å². The summed E-state index contributed by atoms with van der Waals surface area (Å²) in [6.07, 6.45) is 2.88. The average Bonchev–Trinajstić information content (AvgIpc) is 2.76. The van der Waals surface area contributed by atoms with Crippen molar-refractivity contribution in [3.63, 3.8) is 0 Å². The zero-order chi connectivity index (χ0) is 12.5. The smallest absolute Gasteiger partial charge is 0.186 e. The molecule has 3 nitrogen and oxygen atoms in total. The second-order valence-electron chi connectivity index (χ2n) is 4.20. The normalized spacial score (nSPS) is 13.3. The zero-order valence-corrected chi connectivity index (χ0v) is 10.1.